The Morgan fingerprint density at radius 1 is 0.350 bits per heavy atom. The fraction of sp³-hybridized carbons (Fsp3) is 0.722. The maximum atomic E-state index is 12.7. The molecule has 0 rings (SSSR count). The normalized spacial score (nSPS) is 12.7. The second kappa shape index (κ2) is 48.5. The molecule has 0 aliphatic carbocycles. The van der Waals surface area contributed by atoms with Gasteiger partial charge in [-0.1, -0.05) is 222 Å². The van der Waals surface area contributed by atoms with Crippen molar-refractivity contribution in [2.75, 3.05) is 13.2 Å². The molecule has 0 aromatic heterocycles. The van der Waals surface area contributed by atoms with Crippen molar-refractivity contribution in [2.45, 2.75) is 239 Å². The summed E-state index contributed by atoms with van der Waals surface area (Å²) in [5, 5.41) is 0. The topological polar surface area (TPSA) is 78.9 Å². The van der Waals surface area contributed by atoms with Crippen LogP contribution in [-0.4, -0.2) is 37.2 Å². The summed E-state index contributed by atoms with van der Waals surface area (Å²) in [7, 11) is 0. The first-order valence-corrected chi connectivity index (χ1v) is 25.0. The molecule has 0 radical (unpaired) electrons. The van der Waals surface area contributed by atoms with Gasteiger partial charge in [0.15, 0.2) is 6.10 Å². The van der Waals surface area contributed by atoms with Gasteiger partial charge in [0.25, 0.3) is 0 Å². The van der Waals surface area contributed by atoms with Gasteiger partial charge in [-0.15, -0.1) is 0 Å². The molecule has 6 nitrogen and oxygen atoms in total. The molecule has 0 aromatic carbocycles. The van der Waals surface area contributed by atoms with Gasteiger partial charge in [-0.25, -0.2) is 0 Å². The minimum Gasteiger partial charge on any atom is -0.462 e. The fourth-order valence-corrected chi connectivity index (χ4v) is 6.80. The van der Waals surface area contributed by atoms with Gasteiger partial charge in [-0.3, -0.25) is 14.4 Å². The number of ether oxygens (including phenoxy) is 3. The molecule has 1 atom stereocenters. The lowest BCUT2D eigenvalue weighted by molar-refractivity contribution is -0.167. The van der Waals surface area contributed by atoms with Crippen LogP contribution in [0.4, 0.5) is 0 Å². The number of unbranched alkanes of at least 4 members (excludes halogenated alkanes) is 25. The van der Waals surface area contributed by atoms with E-state index in [-0.39, 0.29) is 37.5 Å². The molecule has 6 heteroatoms. The van der Waals surface area contributed by atoms with Gasteiger partial charge >= 0.3 is 17.9 Å². The highest BCUT2D eigenvalue weighted by molar-refractivity contribution is 5.71. The van der Waals surface area contributed by atoms with Crippen molar-refractivity contribution in [1.82, 2.24) is 0 Å². The first-order chi connectivity index (χ1) is 29.5. The zero-order valence-electron chi connectivity index (χ0n) is 39.2. The van der Waals surface area contributed by atoms with Gasteiger partial charge in [0.1, 0.15) is 13.2 Å². The van der Waals surface area contributed by atoms with Crippen LogP contribution in [0.15, 0.2) is 72.9 Å². The van der Waals surface area contributed by atoms with Gasteiger partial charge in [0.05, 0.1) is 0 Å². The van der Waals surface area contributed by atoms with Crippen LogP contribution < -0.4 is 0 Å². The van der Waals surface area contributed by atoms with Crippen molar-refractivity contribution in [3.63, 3.8) is 0 Å². The minimum atomic E-state index is -0.799. The van der Waals surface area contributed by atoms with E-state index in [4.69, 9.17) is 14.2 Å². The van der Waals surface area contributed by atoms with E-state index in [9.17, 15) is 14.4 Å². The molecule has 0 saturated heterocycles. The van der Waals surface area contributed by atoms with Crippen molar-refractivity contribution in [3.8, 4) is 0 Å². The summed E-state index contributed by atoms with van der Waals surface area (Å²) >= 11 is 0. The Labute approximate surface area is 370 Å². The summed E-state index contributed by atoms with van der Waals surface area (Å²) < 4.78 is 16.7. The van der Waals surface area contributed by atoms with Crippen LogP contribution in [0, 0.1) is 0 Å². The second-order valence-corrected chi connectivity index (χ2v) is 16.5. The molecule has 1 unspecified atom stereocenters. The van der Waals surface area contributed by atoms with Gasteiger partial charge in [-0.05, 0) is 64.2 Å². The summed E-state index contributed by atoms with van der Waals surface area (Å²) in [5.41, 5.74) is 0. The number of carbonyl (C=O) groups excluding carboxylic acids is 3. The molecule has 0 fully saturated rings. The number of carbonyl (C=O) groups is 3. The third kappa shape index (κ3) is 45.9. The van der Waals surface area contributed by atoms with E-state index in [2.05, 4.69) is 57.2 Å². The zero-order chi connectivity index (χ0) is 43.7. The third-order valence-electron chi connectivity index (χ3n) is 10.6. The van der Waals surface area contributed by atoms with Crippen molar-refractivity contribution >= 4 is 17.9 Å². The first-order valence-electron chi connectivity index (χ1n) is 25.0. The van der Waals surface area contributed by atoms with E-state index in [1.807, 2.05) is 36.5 Å². The Hall–Kier alpha value is -3.15. The van der Waals surface area contributed by atoms with Crippen LogP contribution >= 0.6 is 0 Å². The summed E-state index contributed by atoms with van der Waals surface area (Å²) in [6.07, 6.45) is 60.3. The van der Waals surface area contributed by atoms with Crippen LogP contribution in [0.1, 0.15) is 233 Å². The monoisotopic (exact) mass is 837 g/mol. The van der Waals surface area contributed by atoms with Crippen molar-refractivity contribution < 1.29 is 28.6 Å². The Balaban J connectivity index is 4.43. The van der Waals surface area contributed by atoms with Crippen LogP contribution in [0.3, 0.4) is 0 Å². The fourth-order valence-electron chi connectivity index (χ4n) is 6.80. The zero-order valence-corrected chi connectivity index (χ0v) is 39.2. The van der Waals surface area contributed by atoms with Crippen molar-refractivity contribution in [1.29, 1.82) is 0 Å². The highest BCUT2D eigenvalue weighted by atomic mass is 16.6. The van der Waals surface area contributed by atoms with Gasteiger partial charge < -0.3 is 14.2 Å². The highest BCUT2D eigenvalue weighted by Gasteiger charge is 2.19. The highest BCUT2D eigenvalue weighted by Crippen LogP contribution is 2.14. The van der Waals surface area contributed by atoms with Crippen LogP contribution in [0.5, 0.6) is 0 Å². The maximum absolute atomic E-state index is 12.7. The lowest BCUT2D eigenvalue weighted by atomic mass is 10.1. The third-order valence-corrected chi connectivity index (χ3v) is 10.6. The molecule has 0 bridgehead atoms. The summed E-state index contributed by atoms with van der Waals surface area (Å²) in [6, 6.07) is 0. The van der Waals surface area contributed by atoms with Crippen molar-refractivity contribution in [2.24, 2.45) is 0 Å². The predicted molar refractivity (Wildman–Crippen MR) is 256 cm³/mol. The Morgan fingerprint density at radius 2 is 0.650 bits per heavy atom. The van der Waals surface area contributed by atoms with Gasteiger partial charge in [-0.2, -0.15) is 0 Å². The van der Waals surface area contributed by atoms with Crippen LogP contribution in [-0.2, 0) is 28.6 Å². The molecule has 0 heterocycles. The van der Waals surface area contributed by atoms with E-state index < -0.39 is 6.10 Å². The molecular formula is C54H92O6. The minimum absolute atomic E-state index is 0.0955. The molecule has 0 aromatic rings. The summed E-state index contributed by atoms with van der Waals surface area (Å²) in [5.74, 6) is -0.952. The molecule has 0 spiro atoms. The molecule has 0 aliphatic rings. The average Bonchev–Trinajstić information content (AvgIpc) is 3.24. The molecule has 344 valence electrons. The van der Waals surface area contributed by atoms with E-state index in [1.54, 1.807) is 0 Å². The summed E-state index contributed by atoms with van der Waals surface area (Å²) in [6.45, 7) is 6.43. The molecule has 0 saturated carbocycles. The number of esters is 3. The first kappa shape index (κ1) is 56.9. The van der Waals surface area contributed by atoms with Crippen LogP contribution in [0.25, 0.3) is 0 Å². The SMILES string of the molecule is CC\C=C/C=C\C=C/C=C\CCCCCC(=O)OC(COC(=O)CCCCCCC/C=C\C=C/CCCCCCCCC)COC(=O)CCCCCCCCCCCCC. The Bertz CT molecular complexity index is 1140. The number of allylic oxidation sites excluding steroid dienone is 12. The van der Waals surface area contributed by atoms with Gasteiger partial charge in [0.2, 0.25) is 0 Å². The molecule has 0 amide bonds. The largest absolute Gasteiger partial charge is 0.462 e. The van der Waals surface area contributed by atoms with E-state index >= 15 is 0 Å². The van der Waals surface area contributed by atoms with Gasteiger partial charge in [0, 0.05) is 19.3 Å². The molecular weight excluding hydrogens is 745 g/mol. The second-order valence-electron chi connectivity index (χ2n) is 16.5. The van der Waals surface area contributed by atoms with Crippen molar-refractivity contribution in [3.05, 3.63) is 72.9 Å². The van der Waals surface area contributed by atoms with E-state index in [1.165, 1.54) is 103 Å². The van der Waals surface area contributed by atoms with E-state index in [0.29, 0.717) is 19.3 Å². The smallest absolute Gasteiger partial charge is 0.306 e. The Kier molecular flexibility index (Phi) is 46.0. The predicted octanol–water partition coefficient (Wildman–Crippen LogP) is 16.3. The molecule has 60 heavy (non-hydrogen) atoms. The van der Waals surface area contributed by atoms with E-state index in [0.717, 1.165) is 83.5 Å². The molecule has 0 aliphatic heterocycles. The Morgan fingerprint density at radius 3 is 1.05 bits per heavy atom. The number of rotatable bonds is 44. The van der Waals surface area contributed by atoms with Crippen LogP contribution in [0.2, 0.25) is 0 Å². The molecule has 0 N–H and O–H groups in total. The number of hydrogen-bond acceptors (Lipinski definition) is 6. The number of hydrogen-bond donors (Lipinski definition) is 0. The maximum Gasteiger partial charge on any atom is 0.306 e. The average molecular weight is 837 g/mol. The summed E-state index contributed by atoms with van der Waals surface area (Å²) in [4.78, 5) is 37.9. The lowest BCUT2D eigenvalue weighted by Gasteiger charge is -2.18. The quantitative estimate of drug-likeness (QED) is 0.0263. The standard InChI is InChI=1S/C54H92O6/c1-4-7-10-13-16-19-22-24-25-26-27-28-30-32-35-38-41-44-47-53(56)59-50-51(49-58-52(55)46-43-40-37-34-31-21-18-15-12-9-6-3)60-54(57)48-45-42-39-36-33-29-23-20-17-14-11-8-5-2/h8,11,14,17,20,23,25-29,33,51H,4-7,9-10,12-13,15-16,18-19,21-22,24,30-32,34-50H2,1-3H3/b11-8-,17-14-,23-20-,26-25-,28-27-,33-29-. The lowest BCUT2D eigenvalue weighted by Crippen LogP contribution is -2.30.